The molecule has 0 unspecified atom stereocenters. The molecule has 1 aromatic carbocycles. The van der Waals surface area contributed by atoms with Crippen LogP contribution in [0.25, 0.3) is 5.65 Å². The Balaban J connectivity index is 1.78. The molecular formula is C19H19Cl2N3O. The molecule has 0 aliphatic rings. The molecule has 0 radical (unpaired) electrons. The van der Waals surface area contributed by atoms with E-state index in [9.17, 15) is 4.79 Å². The summed E-state index contributed by atoms with van der Waals surface area (Å²) in [5.41, 5.74) is 3.57. The first-order valence-corrected chi connectivity index (χ1v) is 8.76. The van der Waals surface area contributed by atoms with Gasteiger partial charge >= 0.3 is 0 Å². The highest BCUT2D eigenvalue weighted by Crippen LogP contribution is 2.29. The number of carbonyl (C=O) groups excluding carboxylic acids is 1. The second kappa shape index (κ2) is 7.06. The molecule has 6 heteroatoms. The van der Waals surface area contributed by atoms with Gasteiger partial charge in [-0.05, 0) is 43.2 Å². The molecule has 2 heterocycles. The third-order valence-corrected chi connectivity index (χ3v) is 5.01. The molecular weight excluding hydrogens is 357 g/mol. The standard InChI is InChI=1S/C19H19Cl2N3O/c1-12-5-4-8-24-11-15(22-19(12)24)10-18(25)23(3)13(2)16-7-6-14(20)9-17(16)21/h4-9,11,13H,10H2,1-3H3/t13-/m1/s1. The van der Waals surface area contributed by atoms with Crippen LogP contribution in [-0.4, -0.2) is 27.2 Å². The smallest absolute Gasteiger partial charge is 0.228 e. The largest absolute Gasteiger partial charge is 0.339 e. The Kier molecular flexibility index (Phi) is 5.02. The summed E-state index contributed by atoms with van der Waals surface area (Å²) < 4.78 is 1.94. The van der Waals surface area contributed by atoms with Crippen LogP contribution >= 0.6 is 23.2 Å². The molecule has 3 aromatic rings. The van der Waals surface area contributed by atoms with Crippen molar-refractivity contribution in [3.8, 4) is 0 Å². The average Bonchev–Trinajstić information content (AvgIpc) is 2.97. The number of halogens is 2. The Hall–Kier alpha value is -2.04. The number of pyridine rings is 1. The fourth-order valence-corrected chi connectivity index (χ4v) is 3.40. The predicted molar refractivity (Wildman–Crippen MR) is 101 cm³/mol. The monoisotopic (exact) mass is 375 g/mol. The summed E-state index contributed by atoms with van der Waals surface area (Å²) in [6.45, 7) is 3.95. The maximum atomic E-state index is 12.7. The fourth-order valence-electron chi connectivity index (χ4n) is 2.83. The van der Waals surface area contributed by atoms with Gasteiger partial charge in [0.25, 0.3) is 0 Å². The molecule has 0 N–H and O–H groups in total. The van der Waals surface area contributed by atoms with Crippen molar-refractivity contribution in [2.75, 3.05) is 7.05 Å². The van der Waals surface area contributed by atoms with Gasteiger partial charge in [-0.15, -0.1) is 0 Å². The van der Waals surface area contributed by atoms with Crippen LogP contribution in [0.2, 0.25) is 10.0 Å². The van der Waals surface area contributed by atoms with Gasteiger partial charge in [0, 0.05) is 29.5 Å². The molecule has 1 amide bonds. The van der Waals surface area contributed by atoms with E-state index < -0.39 is 0 Å². The highest BCUT2D eigenvalue weighted by atomic mass is 35.5. The Morgan fingerprint density at radius 3 is 2.76 bits per heavy atom. The second-order valence-corrected chi connectivity index (χ2v) is 7.02. The number of rotatable bonds is 4. The Bertz CT molecular complexity index is 936. The lowest BCUT2D eigenvalue weighted by molar-refractivity contribution is -0.131. The summed E-state index contributed by atoms with van der Waals surface area (Å²) in [5, 5.41) is 1.14. The molecule has 0 aliphatic heterocycles. The van der Waals surface area contributed by atoms with E-state index in [0.29, 0.717) is 10.0 Å². The number of aromatic nitrogens is 2. The van der Waals surface area contributed by atoms with E-state index in [1.165, 1.54) is 0 Å². The van der Waals surface area contributed by atoms with E-state index in [-0.39, 0.29) is 18.4 Å². The summed E-state index contributed by atoms with van der Waals surface area (Å²) in [5.74, 6) is -0.0143. The third kappa shape index (κ3) is 3.65. The third-order valence-electron chi connectivity index (χ3n) is 4.45. The van der Waals surface area contributed by atoms with Gasteiger partial charge in [-0.1, -0.05) is 35.3 Å². The van der Waals surface area contributed by atoms with Crippen molar-refractivity contribution >= 4 is 34.8 Å². The topological polar surface area (TPSA) is 37.6 Å². The molecule has 0 bridgehead atoms. The SMILES string of the molecule is Cc1cccn2cc(CC(=O)N(C)[C@H](C)c3ccc(Cl)cc3Cl)nc12. The van der Waals surface area contributed by atoms with Gasteiger partial charge in [-0.2, -0.15) is 0 Å². The number of benzene rings is 1. The summed E-state index contributed by atoms with van der Waals surface area (Å²) >= 11 is 12.2. The zero-order valence-corrected chi connectivity index (χ0v) is 15.8. The summed E-state index contributed by atoms with van der Waals surface area (Å²) in [7, 11) is 1.78. The van der Waals surface area contributed by atoms with Crippen molar-refractivity contribution in [2.24, 2.45) is 0 Å². The molecule has 0 spiro atoms. The van der Waals surface area contributed by atoms with Gasteiger partial charge < -0.3 is 9.30 Å². The van der Waals surface area contributed by atoms with Gasteiger partial charge in [-0.25, -0.2) is 4.98 Å². The van der Waals surface area contributed by atoms with Crippen LogP contribution in [0, 0.1) is 6.92 Å². The molecule has 3 rings (SSSR count). The zero-order valence-electron chi connectivity index (χ0n) is 14.3. The van der Waals surface area contributed by atoms with Crippen molar-refractivity contribution in [3.05, 3.63) is 69.6 Å². The van der Waals surface area contributed by atoms with Crippen LogP contribution < -0.4 is 0 Å². The van der Waals surface area contributed by atoms with Crippen LogP contribution in [0.3, 0.4) is 0 Å². The summed E-state index contributed by atoms with van der Waals surface area (Å²) in [6.07, 6.45) is 4.07. The lowest BCUT2D eigenvalue weighted by atomic mass is 10.1. The van der Waals surface area contributed by atoms with Gasteiger partial charge in [0.1, 0.15) is 5.65 Å². The molecule has 0 fully saturated rings. The lowest BCUT2D eigenvalue weighted by Crippen LogP contribution is -2.31. The summed E-state index contributed by atoms with van der Waals surface area (Å²) in [4.78, 5) is 18.9. The maximum absolute atomic E-state index is 12.7. The van der Waals surface area contributed by atoms with Gasteiger partial charge in [-0.3, -0.25) is 4.79 Å². The van der Waals surface area contributed by atoms with Crippen molar-refractivity contribution in [1.82, 2.24) is 14.3 Å². The highest BCUT2D eigenvalue weighted by molar-refractivity contribution is 6.35. The van der Waals surface area contributed by atoms with Crippen molar-refractivity contribution in [3.63, 3.8) is 0 Å². The second-order valence-electron chi connectivity index (χ2n) is 6.18. The minimum Gasteiger partial charge on any atom is -0.339 e. The first kappa shape index (κ1) is 17.8. The number of aryl methyl sites for hydroxylation is 1. The van der Waals surface area contributed by atoms with Gasteiger partial charge in [0.15, 0.2) is 0 Å². The number of carbonyl (C=O) groups is 1. The molecule has 2 aromatic heterocycles. The average molecular weight is 376 g/mol. The zero-order chi connectivity index (χ0) is 18.1. The van der Waals surface area contributed by atoms with E-state index >= 15 is 0 Å². The maximum Gasteiger partial charge on any atom is 0.228 e. The van der Waals surface area contributed by atoms with Crippen LogP contribution in [0.4, 0.5) is 0 Å². The Morgan fingerprint density at radius 1 is 1.32 bits per heavy atom. The van der Waals surface area contributed by atoms with Gasteiger partial charge in [0.05, 0.1) is 18.2 Å². The predicted octanol–water partition coefficient (Wildman–Crippen LogP) is 4.71. The van der Waals surface area contributed by atoms with E-state index in [1.54, 1.807) is 24.1 Å². The van der Waals surface area contributed by atoms with E-state index in [2.05, 4.69) is 4.98 Å². The number of hydrogen-bond acceptors (Lipinski definition) is 2. The van der Waals surface area contributed by atoms with Crippen LogP contribution in [0.15, 0.2) is 42.7 Å². The molecule has 0 aliphatic carbocycles. The van der Waals surface area contributed by atoms with Crippen LogP contribution in [0.5, 0.6) is 0 Å². The minimum atomic E-state index is -0.156. The number of likely N-dealkylation sites (N-methyl/N-ethyl adjacent to an activating group) is 1. The summed E-state index contributed by atoms with van der Waals surface area (Å²) in [6, 6.07) is 9.14. The molecule has 130 valence electrons. The molecule has 4 nitrogen and oxygen atoms in total. The molecule has 1 atom stereocenters. The fraction of sp³-hybridized carbons (Fsp3) is 0.263. The van der Waals surface area contributed by atoms with Crippen LogP contribution in [0.1, 0.15) is 29.8 Å². The van der Waals surface area contributed by atoms with Gasteiger partial charge in [0.2, 0.25) is 5.91 Å². The van der Waals surface area contributed by atoms with Crippen molar-refractivity contribution in [2.45, 2.75) is 26.3 Å². The van der Waals surface area contributed by atoms with Crippen molar-refractivity contribution in [1.29, 1.82) is 0 Å². The first-order valence-electron chi connectivity index (χ1n) is 8.00. The lowest BCUT2D eigenvalue weighted by Gasteiger charge is -2.26. The normalized spacial score (nSPS) is 12.4. The number of fused-ring (bicyclic) bond motifs is 1. The molecule has 0 saturated heterocycles. The number of imidazole rings is 1. The van der Waals surface area contributed by atoms with E-state index in [4.69, 9.17) is 23.2 Å². The van der Waals surface area contributed by atoms with E-state index in [0.717, 1.165) is 22.5 Å². The number of hydrogen-bond donors (Lipinski definition) is 0. The Labute approximate surface area is 157 Å². The van der Waals surface area contributed by atoms with Crippen molar-refractivity contribution < 1.29 is 4.79 Å². The quantitative estimate of drug-likeness (QED) is 0.661. The van der Waals surface area contributed by atoms with Crippen LogP contribution in [-0.2, 0) is 11.2 Å². The highest BCUT2D eigenvalue weighted by Gasteiger charge is 2.21. The minimum absolute atomic E-state index is 0.0143. The number of nitrogens with zero attached hydrogens (tertiary/aromatic N) is 3. The molecule has 25 heavy (non-hydrogen) atoms. The molecule has 0 saturated carbocycles. The first-order chi connectivity index (χ1) is 11.9. The Morgan fingerprint density at radius 2 is 2.08 bits per heavy atom. The number of amides is 1. The van der Waals surface area contributed by atoms with E-state index in [1.807, 2.05) is 48.8 Å².